The van der Waals surface area contributed by atoms with Crippen LogP contribution in [-0.2, 0) is 85.3 Å². The van der Waals surface area contributed by atoms with E-state index >= 15 is 0 Å². The van der Waals surface area contributed by atoms with E-state index < -0.39 is 0 Å². The predicted octanol–water partition coefficient (Wildman–Crippen LogP) is 30.3. The van der Waals surface area contributed by atoms with E-state index in [1.807, 2.05) is 125 Å². The van der Waals surface area contributed by atoms with Crippen molar-refractivity contribution >= 4 is 0 Å². The Hall–Kier alpha value is -0.720. The van der Waals surface area contributed by atoms with E-state index in [0.717, 1.165) is 85.0 Å². The molecule has 0 N–H and O–H groups in total. The lowest BCUT2D eigenvalue weighted by atomic mass is 9.98. The summed E-state index contributed by atoms with van der Waals surface area (Å²) in [5, 5.41) is 0. The number of hydrogen-bond donors (Lipinski definition) is 0. The molecule has 0 aromatic heterocycles. The Morgan fingerprint density at radius 1 is 0.287 bits per heavy atom. The molecule has 2 aliphatic carbocycles. The molecule has 3 unspecified atom stereocenters. The van der Waals surface area contributed by atoms with Crippen LogP contribution in [0.1, 0.15) is 456 Å². The molecule has 18 nitrogen and oxygen atoms in total. The molecule has 0 heterocycles. The summed E-state index contributed by atoms with van der Waals surface area (Å²) in [5.74, 6) is 0.664. The van der Waals surface area contributed by atoms with E-state index in [0.29, 0.717) is 123 Å². The summed E-state index contributed by atoms with van der Waals surface area (Å²) >= 11 is 0. The zero-order chi connectivity index (χ0) is 99.5. The molecule has 0 aliphatic heterocycles. The van der Waals surface area contributed by atoms with Crippen LogP contribution in [-0.4, -0.2) is 228 Å². The van der Waals surface area contributed by atoms with Crippen molar-refractivity contribution in [1.29, 1.82) is 0 Å². The normalized spacial score (nSPS) is 13.3. The topological polar surface area (TPSA) is 166 Å². The maximum absolute atomic E-state index is 5.69. The van der Waals surface area contributed by atoms with Crippen molar-refractivity contribution in [3.05, 3.63) is 0 Å². The number of ether oxygens (including phenoxy) is 18. The van der Waals surface area contributed by atoms with Crippen LogP contribution in [0.3, 0.4) is 0 Å². The SMILES string of the molecule is CC(C)COC(C)C.CC(C)OC(C)(C)C.CC(C)OC(C)C.CC(C)OC1CCCC1.CC(C)OC1CCCCC1.CCC(C)(C)OC(C)C.CCC(C)OC.CCC(C)OC(C)C.CCCCOC(C)C.CCCOC(C)C.CCOC.CCOC(C)(C)C.CCOC(C)C.CCOC(C)CC.CCOCCOC.COC(C)(C)C.COC(C)C. The van der Waals surface area contributed by atoms with E-state index in [2.05, 4.69) is 233 Å². The van der Waals surface area contributed by atoms with Crippen molar-refractivity contribution in [3.8, 4) is 0 Å². The minimum absolute atomic E-state index is 0.0220. The lowest BCUT2D eigenvalue weighted by molar-refractivity contribution is -0.0573. The van der Waals surface area contributed by atoms with Gasteiger partial charge >= 0.3 is 0 Å². The number of rotatable bonds is 37. The van der Waals surface area contributed by atoms with Gasteiger partial charge in [0.1, 0.15) is 0 Å². The van der Waals surface area contributed by atoms with Gasteiger partial charge in [-0.3, -0.25) is 0 Å². The second kappa shape index (κ2) is 116. The van der Waals surface area contributed by atoms with E-state index in [1.165, 1.54) is 70.6 Å². The van der Waals surface area contributed by atoms with Crippen LogP contribution in [0.4, 0.5) is 0 Å². The average Bonchev–Trinajstić information content (AvgIpc) is 1.70. The van der Waals surface area contributed by atoms with Crippen LogP contribution in [0.2, 0.25) is 0 Å². The van der Waals surface area contributed by atoms with Gasteiger partial charge < -0.3 is 85.3 Å². The number of unbranched alkanes of at least 4 members (excludes halogenated alkanes) is 1. The lowest BCUT2D eigenvalue weighted by Gasteiger charge is -2.25. The van der Waals surface area contributed by atoms with Gasteiger partial charge in [0.15, 0.2) is 0 Å². The second-order valence-corrected chi connectivity index (χ2v) is 37.2. The largest absolute Gasteiger partial charge is 0.385 e. The summed E-state index contributed by atoms with van der Waals surface area (Å²) < 4.78 is 93.0. The molecule has 2 saturated carbocycles. The fourth-order valence-corrected chi connectivity index (χ4v) is 8.35. The highest BCUT2D eigenvalue weighted by Crippen LogP contribution is 2.23. The number of hydrogen-bond acceptors (Lipinski definition) is 18. The molecular weight excluding hydrogens is 1540 g/mol. The minimum atomic E-state index is 0.0220. The van der Waals surface area contributed by atoms with Crippen LogP contribution < -0.4 is 0 Å². The minimum Gasteiger partial charge on any atom is -0.385 e. The Balaban J connectivity index is -0.0000000770. The van der Waals surface area contributed by atoms with Gasteiger partial charge in [0, 0.05) is 88.4 Å². The summed E-state index contributed by atoms with van der Waals surface area (Å²) in [4.78, 5) is 0. The molecule has 3 atom stereocenters. The number of methoxy groups -OCH3 is 5. The van der Waals surface area contributed by atoms with E-state index in [-0.39, 0.29) is 22.4 Å². The molecule has 2 fully saturated rings. The van der Waals surface area contributed by atoms with Crippen LogP contribution in [0.25, 0.3) is 0 Å². The molecule has 762 valence electrons. The third kappa shape index (κ3) is 229. The Labute approximate surface area is 770 Å². The van der Waals surface area contributed by atoms with Gasteiger partial charge in [-0.25, -0.2) is 0 Å². The third-order valence-electron chi connectivity index (χ3n) is 14.9. The second-order valence-electron chi connectivity index (χ2n) is 37.2. The van der Waals surface area contributed by atoms with Crippen molar-refractivity contribution in [2.24, 2.45) is 5.92 Å². The Kier molecular flexibility index (Phi) is 148. The maximum atomic E-state index is 5.69. The first kappa shape index (κ1) is 155. The van der Waals surface area contributed by atoms with Gasteiger partial charge in [0.25, 0.3) is 0 Å². The third-order valence-corrected chi connectivity index (χ3v) is 14.9. The first-order valence-electron chi connectivity index (χ1n) is 48.9. The Morgan fingerprint density at radius 2 is 0.648 bits per heavy atom. The van der Waals surface area contributed by atoms with Crippen molar-refractivity contribution in [2.45, 2.75) is 582 Å². The molecule has 0 spiro atoms. The predicted molar refractivity (Wildman–Crippen MR) is 540 cm³/mol. The van der Waals surface area contributed by atoms with Crippen LogP contribution in [0.15, 0.2) is 0 Å². The van der Waals surface area contributed by atoms with Gasteiger partial charge in [-0.15, -0.1) is 0 Å². The molecule has 0 bridgehead atoms. The highest BCUT2D eigenvalue weighted by Gasteiger charge is 2.18. The van der Waals surface area contributed by atoms with Gasteiger partial charge in [-0.2, -0.15) is 0 Å². The zero-order valence-electron chi connectivity index (χ0n) is 94.1. The van der Waals surface area contributed by atoms with Crippen molar-refractivity contribution in [1.82, 2.24) is 0 Å². The van der Waals surface area contributed by atoms with Crippen LogP contribution in [0, 0.1) is 5.92 Å². The first-order chi connectivity index (χ1) is 56.0. The fourth-order valence-electron chi connectivity index (χ4n) is 8.35. The summed E-state index contributed by atoms with van der Waals surface area (Å²) in [7, 11) is 8.48. The van der Waals surface area contributed by atoms with E-state index in [4.69, 9.17) is 80.5 Å². The molecule has 0 aromatic carbocycles. The summed E-state index contributed by atoms with van der Waals surface area (Å²) in [6.45, 7) is 114. The van der Waals surface area contributed by atoms with Gasteiger partial charge in [-0.1, -0.05) is 93.9 Å². The molecular formula is C104H238O18. The highest BCUT2D eigenvalue weighted by molar-refractivity contribution is 4.69. The van der Waals surface area contributed by atoms with Gasteiger partial charge in [0.2, 0.25) is 0 Å². The standard InChI is InChI=1S/C9H18O.C8H16O.C8H18O.4C7H16O.4C6H14O.C5H12O2.3C5H12O.C4H10O.C3H8O/c1-8(2)10-9-6-4-3-5-7-9;1-7(2)9-8-5-3-4-6-8;1-6-8(4,5)9-7(2)3;1-6(2)8-7(3,4)5;1-6(2)5-8-7(3)4;1-5-7(4)8-6(2)3;1-4-5-6-8-7(2)3;1-5-7-6(2,3)4;1-5(2)7-6(3)4;1-4-5-7-6(2)3;1-4-6(3)7-5-2;1-3-7-5-4-6-2;1-5(2,3)6-4;1-4-5(2)6-3;1-4-6-5(2)3;1-4(2)5-3;1-3-4-2/h8-9H,3-7H2,1-2H3;7-8H,3-6H2,1-2H3;7H,6H2,1-5H3;6H,1-5H3;2*6-7H,5H2,1-4H3;7H,4-6H2,1-3H3;5H2,1-4H3;5-6H,1-4H3;2*6H,4-5H2,1-3H3;3-5H2,1-2H3;1-4H3;2*5H,4H2,1-3H3;4H,1-3H3;3H2,1-2H3. The maximum Gasteiger partial charge on any atom is 0.0700 e. The fraction of sp³-hybridized carbons (Fsp3) is 1.00. The molecule has 2 aliphatic rings. The molecule has 0 saturated heterocycles. The summed E-state index contributed by atoms with van der Waals surface area (Å²) in [6, 6.07) is 0. The van der Waals surface area contributed by atoms with Crippen molar-refractivity contribution in [2.75, 3.05) is 102 Å². The van der Waals surface area contributed by atoms with E-state index in [9.17, 15) is 0 Å². The molecule has 0 radical (unpaired) electrons. The van der Waals surface area contributed by atoms with Gasteiger partial charge in [0.05, 0.1) is 139 Å². The molecule has 18 heteroatoms. The quantitative estimate of drug-likeness (QED) is 0.0539. The smallest absolute Gasteiger partial charge is 0.0700 e. The van der Waals surface area contributed by atoms with Crippen LogP contribution in [0.5, 0.6) is 0 Å². The van der Waals surface area contributed by atoms with Crippen molar-refractivity contribution < 1.29 is 85.3 Å². The Morgan fingerprint density at radius 3 is 0.787 bits per heavy atom. The van der Waals surface area contributed by atoms with Crippen molar-refractivity contribution in [3.63, 3.8) is 0 Å². The highest BCUT2D eigenvalue weighted by atomic mass is 16.5. The molecule has 0 amide bonds. The lowest BCUT2D eigenvalue weighted by Crippen LogP contribution is -2.26. The van der Waals surface area contributed by atoms with Gasteiger partial charge in [-0.05, 0) is 368 Å². The van der Waals surface area contributed by atoms with Crippen LogP contribution >= 0.6 is 0 Å². The molecule has 2 rings (SSSR count). The Bertz CT molecular complexity index is 1670. The molecule has 0 aromatic rings. The summed E-state index contributed by atoms with van der Waals surface area (Å²) in [6.07, 6.45) is 27.1. The summed E-state index contributed by atoms with van der Waals surface area (Å²) in [5.41, 5.74) is 0.178. The molecule has 122 heavy (non-hydrogen) atoms. The van der Waals surface area contributed by atoms with E-state index in [1.54, 1.807) is 35.5 Å². The first-order valence-corrected chi connectivity index (χ1v) is 48.9. The zero-order valence-corrected chi connectivity index (χ0v) is 94.1. The average molecular weight is 1780 g/mol. The monoisotopic (exact) mass is 1780 g/mol.